The summed E-state index contributed by atoms with van der Waals surface area (Å²) in [4.78, 5) is 18.7. The molecule has 2 N–H and O–H groups in total. The zero-order valence-electron chi connectivity index (χ0n) is 13.2. The number of hydrogen-bond donors (Lipinski definition) is 2. The molecule has 0 spiro atoms. The molecule has 120 valence electrons. The number of rotatable bonds is 5. The summed E-state index contributed by atoms with van der Waals surface area (Å²) in [6, 6.07) is 4.36. The van der Waals surface area contributed by atoms with E-state index in [1.165, 1.54) is 5.56 Å². The first-order valence-electron chi connectivity index (χ1n) is 8.25. The Kier molecular flexibility index (Phi) is 4.74. The highest BCUT2D eigenvalue weighted by Gasteiger charge is 2.33. The fourth-order valence-corrected chi connectivity index (χ4v) is 3.05. The molecule has 1 amide bonds. The van der Waals surface area contributed by atoms with Gasteiger partial charge in [-0.1, -0.05) is 6.07 Å². The van der Waals surface area contributed by atoms with Gasteiger partial charge in [0.15, 0.2) is 0 Å². The summed E-state index contributed by atoms with van der Waals surface area (Å²) in [5, 5.41) is 13.1. The minimum atomic E-state index is -0.848. The van der Waals surface area contributed by atoms with Crippen LogP contribution in [0.3, 0.4) is 0 Å². The van der Waals surface area contributed by atoms with E-state index in [-0.39, 0.29) is 11.8 Å². The number of nitrogens with zero attached hydrogens (tertiary/aromatic N) is 2. The number of aliphatic hydroxyl groups is 1. The van der Waals surface area contributed by atoms with Crippen LogP contribution in [0.2, 0.25) is 0 Å². The summed E-state index contributed by atoms with van der Waals surface area (Å²) in [6.45, 7) is 4.76. The van der Waals surface area contributed by atoms with Crippen molar-refractivity contribution in [3.8, 4) is 0 Å². The van der Waals surface area contributed by atoms with E-state index >= 15 is 0 Å². The molecule has 1 atom stereocenters. The van der Waals surface area contributed by atoms with Crippen molar-refractivity contribution in [2.24, 2.45) is 5.92 Å². The van der Waals surface area contributed by atoms with Crippen molar-refractivity contribution in [2.75, 3.05) is 13.1 Å². The second kappa shape index (κ2) is 6.75. The molecule has 5 heteroatoms. The van der Waals surface area contributed by atoms with Crippen molar-refractivity contribution in [3.05, 3.63) is 29.6 Å². The molecule has 1 saturated heterocycles. The van der Waals surface area contributed by atoms with Crippen LogP contribution in [0.4, 0.5) is 0 Å². The Balaban J connectivity index is 1.47. The molecule has 1 aromatic heterocycles. The number of aryl methyl sites for hydroxylation is 1. The molecular weight excluding hydrogens is 278 g/mol. The van der Waals surface area contributed by atoms with Crippen molar-refractivity contribution in [3.63, 3.8) is 0 Å². The number of piperidine rings is 1. The van der Waals surface area contributed by atoms with E-state index in [9.17, 15) is 9.90 Å². The van der Waals surface area contributed by atoms with Gasteiger partial charge in [0.1, 0.15) is 6.10 Å². The zero-order chi connectivity index (χ0) is 15.5. The van der Waals surface area contributed by atoms with Gasteiger partial charge >= 0.3 is 0 Å². The number of carbonyl (C=O) groups is 1. The monoisotopic (exact) mass is 303 g/mol. The summed E-state index contributed by atoms with van der Waals surface area (Å²) >= 11 is 0. The van der Waals surface area contributed by atoms with Crippen molar-refractivity contribution >= 4 is 5.91 Å². The van der Waals surface area contributed by atoms with Gasteiger partial charge in [-0.2, -0.15) is 0 Å². The number of hydrogen-bond acceptors (Lipinski definition) is 4. The summed E-state index contributed by atoms with van der Waals surface area (Å²) in [7, 11) is 0. The van der Waals surface area contributed by atoms with Gasteiger partial charge in [-0.05, 0) is 63.2 Å². The van der Waals surface area contributed by atoms with Gasteiger partial charge in [0.05, 0.1) is 5.69 Å². The Morgan fingerprint density at radius 1 is 1.41 bits per heavy atom. The van der Waals surface area contributed by atoms with Gasteiger partial charge in [-0.25, -0.2) is 0 Å². The molecular formula is C17H25N3O2. The van der Waals surface area contributed by atoms with E-state index in [4.69, 9.17) is 0 Å². The number of amides is 1. The van der Waals surface area contributed by atoms with Crippen LogP contribution in [-0.4, -0.2) is 46.1 Å². The lowest BCUT2D eigenvalue weighted by molar-refractivity contribution is -0.133. The SMILES string of the molecule is Cc1cccnc1CN1CCC([C@H](O)C(=O)NC2CC2)CC1. The van der Waals surface area contributed by atoms with Gasteiger partial charge in [-0.15, -0.1) is 0 Å². The second-order valence-corrected chi connectivity index (χ2v) is 6.61. The van der Waals surface area contributed by atoms with Crippen LogP contribution in [0.25, 0.3) is 0 Å². The van der Waals surface area contributed by atoms with E-state index in [0.29, 0.717) is 6.04 Å². The van der Waals surface area contributed by atoms with Crippen LogP contribution in [0.1, 0.15) is 36.9 Å². The van der Waals surface area contributed by atoms with Crippen LogP contribution in [-0.2, 0) is 11.3 Å². The lowest BCUT2D eigenvalue weighted by atomic mass is 9.90. The Hall–Kier alpha value is -1.46. The molecule has 1 aliphatic carbocycles. The molecule has 1 aliphatic heterocycles. The largest absolute Gasteiger partial charge is 0.383 e. The van der Waals surface area contributed by atoms with Crippen molar-refractivity contribution in [1.29, 1.82) is 0 Å². The summed E-state index contributed by atoms with van der Waals surface area (Å²) < 4.78 is 0. The summed E-state index contributed by atoms with van der Waals surface area (Å²) in [5.74, 6) is -0.0960. The molecule has 0 unspecified atom stereocenters. The fraction of sp³-hybridized carbons (Fsp3) is 0.647. The van der Waals surface area contributed by atoms with E-state index in [1.807, 2.05) is 12.3 Å². The summed E-state index contributed by atoms with van der Waals surface area (Å²) in [5.41, 5.74) is 2.33. The molecule has 3 rings (SSSR count). The molecule has 2 fully saturated rings. The van der Waals surface area contributed by atoms with Gasteiger partial charge in [0.25, 0.3) is 0 Å². The molecule has 2 heterocycles. The average Bonchev–Trinajstić information content (AvgIpc) is 3.33. The average molecular weight is 303 g/mol. The maximum atomic E-state index is 11.9. The minimum absolute atomic E-state index is 0.0832. The highest BCUT2D eigenvalue weighted by atomic mass is 16.3. The molecule has 22 heavy (non-hydrogen) atoms. The van der Waals surface area contributed by atoms with Gasteiger partial charge in [-0.3, -0.25) is 14.7 Å². The Labute approximate surface area is 131 Å². The highest BCUT2D eigenvalue weighted by Crippen LogP contribution is 2.24. The third kappa shape index (κ3) is 3.84. The third-order valence-electron chi connectivity index (χ3n) is 4.76. The predicted octanol–water partition coefficient (Wildman–Crippen LogP) is 1.24. The van der Waals surface area contributed by atoms with Crippen LogP contribution < -0.4 is 5.32 Å². The molecule has 1 saturated carbocycles. The predicted molar refractivity (Wildman–Crippen MR) is 84.1 cm³/mol. The summed E-state index contributed by atoms with van der Waals surface area (Å²) in [6.07, 6.45) is 4.83. The van der Waals surface area contributed by atoms with Gasteiger partial charge in [0, 0.05) is 18.8 Å². The topological polar surface area (TPSA) is 65.5 Å². The maximum Gasteiger partial charge on any atom is 0.249 e. The number of aromatic nitrogens is 1. The van der Waals surface area contributed by atoms with Gasteiger partial charge in [0.2, 0.25) is 5.91 Å². The van der Waals surface area contributed by atoms with E-state index in [1.54, 1.807) is 0 Å². The quantitative estimate of drug-likeness (QED) is 0.859. The lowest BCUT2D eigenvalue weighted by Gasteiger charge is -2.33. The first-order chi connectivity index (χ1) is 10.6. The van der Waals surface area contributed by atoms with Crippen LogP contribution in [0, 0.1) is 12.8 Å². The molecule has 0 radical (unpaired) electrons. The highest BCUT2D eigenvalue weighted by molar-refractivity contribution is 5.81. The molecule has 1 aromatic rings. The van der Waals surface area contributed by atoms with Crippen molar-refractivity contribution < 1.29 is 9.90 Å². The molecule has 0 bridgehead atoms. The number of carbonyl (C=O) groups excluding carboxylic acids is 1. The minimum Gasteiger partial charge on any atom is -0.383 e. The number of pyridine rings is 1. The van der Waals surface area contributed by atoms with E-state index < -0.39 is 6.10 Å². The first kappa shape index (κ1) is 15.4. The fourth-order valence-electron chi connectivity index (χ4n) is 3.05. The van der Waals surface area contributed by atoms with Crippen molar-refractivity contribution in [1.82, 2.24) is 15.2 Å². The van der Waals surface area contributed by atoms with Crippen LogP contribution >= 0.6 is 0 Å². The normalized spacial score (nSPS) is 21.5. The Morgan fingerprint density at radius 3 is 2.77 bits per heavy atom. The molecule has 0 aromatic carbocycles. The first-order valence-corrected chi connectivity index (χ1v) is 8.25. The van der Waals surface area contributed by atoms with E-state index in [0.717, 1.165) is 51.0 Å². The lowest BCUT2D eigenvalue weighted by Crippen LogP contribution is -2.45. The van der Waals surface area contributed by atoms with Gasteiger partial charge < -0.3 is 10.4 Å². The molecule has 5 nitrogen and oxygen atoms in total. The maximum absolute atomic E-state index is 11.9. The Morgan fingerprint density at radius 2 is 2.14 bits per heavy atom. The van der Waals surface area contributed by atoms with Crippen LogP contribution in [0.15, 0.2) is 18.3 Å². The third-order valence-corrected chi connectivity index (χ3v) is 4.76. The van der Waals surface area contributed by atoms with E-state index in [2.05, 4.69) is 28.2 Å². The van der Waals surface area contributed by atoms with Crippen LogP contribution in [0.5, 0.6) is 0 Å². The van der Waals surface area contributed by atoms with Crippen molar-refractivity contribution in [2.45, 2.75) is 51.3 Å². The smallest absolute Gasteiger partial charge is 0.249 e. The molecule has 2 aliphatic rings. The zero-order valence-corrected chi connectivity index (χ0v) is 13.2. The second-order valence-electron chi connectivity index (χ2n) is 6.61. The number of nitrogens with one attached hydrogen (secondary N) is 1. The number of likely N-dealkylation sites (tertiary alicyclic amines) is 1. The standard InChI is InChI=1S/C17H25N3O2/c1-12-3-2-8-18-15(12)11-20-9-6-13(7-10-20)16(21)17(22)19-14-4-5-14/h2-3,8,13-14,16,21H,4-7,9-11H2,1H3,(H,19,22)/t16-/m0/s1. The Bertz CT molecular complexity index is 522. The number of aliphatic hydroxyl groups excluding tert-OH is 1.